The van der Waals surface area contributed by atoms with Crippen molar-refractivity contribution in [2.75, 3.05) is 7.05 Å². The molecular formula is C15H13N3O2. The van der Waals surface area contributed by atoms with Crippen LogP contribution in [0.2, 0.25) is 0 Å². The van der Waals surface area contributed by atoms with E-state index in [-0.39, 0.29) is 17.2 Å². The first-order valence-corrected chi connectivity index (χ1v) is 6.04. The average Bonchev–Trinajstić information content (AvgIpc) is 2.46. The molecule has 0 spiro atoms. The van der Waals surface area contributed by atoms with Crippen LogP contribution < -0.4 is 5.56 Å². The van der Waals surface area contributed by atoms with Crippen molar-refractivity contribution in [2.24, 2.45) is 0 Å². The van der Waals surface area contributed by atoms with Gasteiger partial charge in [-0.3, -0.25) is 9.59 Å². The van der Waals surface area contributed by atoms with E-state index >= 15 is 0 Å². The topological polar surface area (TPSA) is 77.0 Å². The minimum atomic E-state index is -0.310. The zero-order valence-electron chi connectivity index (χ0n) is 11.0. The molecule has 0 aliphatic carbocycles. The third-order valence-corrected chi connectivity index (χ3v) is 2.82. The number of nitrogens with one attached hydrogen (secondary N) is 1. The summed E-state index contributed by atoms with van der Waals surface area (Å²) in [6, 6.07) is 13.6. The molecule has 0 bridgehead atoms. The fraction of sp³-hybridized carbons (Fsp3) is 0.133. The van der Waals surface area contributed by atoms with Crippen molar-refractivity contribution in [3.63, 3.8) is 0 Å². The van der Waals surface area contributed by atoms with E-state index in [1.54, 1.807) is 31.3 Å². The molecule has 2 rings (SSSR count). The predicted molar refractivity (Wildman–Crippen MR) is 74.0 cm³/mol. The maximum absolute atomic E-state index is 12.1. The molecule has 100 valence electrons. The molecule has 1 amide bonds. The van der Waals surface area contributed by atoms with Crippen molar-refractivity contribution in [2.45, 2.75) is 6.54 Å². The van der Waals surface area contributed by atoms with Crippen molar-refractivity contribution in [1.29, 1.82) is 5.26 Å². The van der Waals surface area contributed by atoms with E-state index in [2.05, 4.69) is 11.1 Å². The minimum absolute atomic E-state index is 0.247. The van der Waals surface area contributed by atoms with Gasteiger partial charge >= 0.3 is 0 Å². The van der Waals surface area contributed by atoms with Gasteiger partial charge in [0.25, 0.3) is 5.91 Å². The van der Waals surface area contributed by atoms with Gasteiger partial charge < -0.3 is 9.88 Å². The van der Waals surface area contributed by atoms with Crippen LogP contribution in [-0.4, -0.2) is 22.8 Å². The third kappa shape index (κ3) is 3.12. The van der Waals surface area contributed by atoms with Crippen molar-refractivity contribution in [1.82, 2.24) is 9.88 Å². The Hall–Kier alpha value is -2.87. The highest BCUT2D eigenvalue weighted by molar-refractivity contribution is 5.91. The second-order valence-corrected chi connectivity index (χ2v) is 4.40. The Morgan fingerprint density at radius 2 is 2.05 bits per heavy atom. The van der Waals surface area contributed by atoms with Gasteiger partial charge in [0.1, 0.15) is 5.69 Å². The summed E-state index contributed by atoms with van der Waals surface area (Å²) in [4.78, 5) is 27.3. The van der Waals surface area contributed by atoms with E-state index in [0.29, 0.717) is 12.1 Å². The van der Waals surface area contributed by atoms with Crippen molar-refractivity contribution in [3.8, 4) is 6.07 Å². The van der Waals surface area contributed by atoms with Crippen LogP contribution in [0.4, 0.5) is 0 Å². The molecule has 0 atom stereocenters. The van der Waals surface area contributed by atoms with Crippen molar-refractivity contribution in [3.05, 3.63) is 69.6 Å². The fourth-order valence-corrected chi connectivity index (χ4v) is 1.86. The number of carbonyl (C=O) groups excluding carboxylic acids is 1. The lowest BCUT2D eigenvalue weighted by atomic mass is 10.1. The van der Waals surface area contributed by atoms with Crippen LogP contribution in [0, 0.1) is 11.3 Å². The summed E-state index contributed by atoms with van der Waals surface area (Å²) in [7, 11) is 1.65. The number of amides is 1. The SMILES string of the molecule is CN(Cc1cccc(C#N)c1)C(=O)c1cccc(=O)[nH]1. The quantitative estimate of drug-likeness (QED) is 0.915. The number of carbonyl (C=O) groups is 1. The Labute approximate surface area is 116 Å². The first-order chi connectivity index (χ1) is 9.60. The number of hydrogen-bond donors (Lipinski definition) is 1. The number of H-pyrrole nitrogens is 1. The number of rotatable bonds is 3. The standard InChI is InChI=1S/C15H13N3O2/c1-18(10-12-5-2-4-11(8-12)9-16)15(20)13-6-3-7-14(19)17-13/h2-8H,10H2,1H3,(H,17,19). The Bertz CT molecular complexity index is 728. The number of nitriles is 1. The summed E-state index contributed by atoms with van der Waals surface area (Å²) in [6.07, 6.45) is 0. The Balaban J connectivity index is 2.15. The molecule has 1 N–H and O–H groups in total. The number of nitrogens with zero attached hydrogens (tertiary/aromatic N) is 2. The van der Waals surface area contributed by atoms with Gasteiger partial charge in [0.15, 0.2) is 0 Å². The lowest BCUT2D eigenvalue weighted by Crippen LogP contribution is -2.28. The van der Waals surface area contributed by atoms with Crippen molar-refractivity contribution >= 4 is 5.91 Å². The summed E-state index contributed by atoms with van der Waals surface area (Å²) in [5.41, 5.74) is 1.35. The maximum atomic E-state index is 12.1. The van der Waals surface area contributed by atoms with Gasteiger partial charge in [-0.2, -0.15) is 5.26 Å². The number of aromatic amines is 1. The normalized spacial score (nSPS) is 9.80. The zero-order chi connectivity index (χ0) is 14.5. The monoisotopic (exact) mass is 267 g/mol. The lowest BCUT2D eigenvalue weighted by molar-refractivity contribution is 0.0779. The number of aromatic nitrogens is 1. The number of pyridine rings is 1. The van der Waals surface area contributed by atoms with E-state index in [1.807, 2.05) is 6.07 Å². The van der Waals surface area contributed by atoms with Crippen LogP contribution in [0.5, 0.6) is 0 Å². The van der Waals surface area contributed by atoms with Gasteiger partial charge in [0, 0.05) is 19.7 Å². The molecule has 20 heavy (non-hydrogen) atoms. The summed E-state index contributed by atoms with van der Waals surface area (Å²) < 4.78 is 0. The molecule has 1 heterocycles. The largest absolute Gasteiger partial charge is 0.336 e. The van der Waals surface area contributed by atoms with Crippen LogP contribution in [0.1, 0.15) is 21.6 Å². The van der Waals surface area contributed by atoms with Gasteiger partial charge in [0.2, 0.25) is 5.56 Å². The molecule has 2 aromatic rings. The molecule has 0 radical (unpaired) electrons. The van der Waals surface area contributed by atoms with Crippen molar-refractivity contribution < 1.29 is 4.79 Å². The fourth-order valence-electron chi connectivity index (χ4n) is 1.86. The first kappa shape index (κ1) is 13.6. The van der Waals surface area contributed by atoms with E-state index in [1.165, 1.54) is 17.0 Å². The van der Waals surface area contributed by atoms with Gasteiger partial charge in [-0.25, -0.2) is 0 Å². The van der Waals surface area contributed by atoms with Crippen LogP contribution in [0.25, 0.3) is 0 Å². The Kier molecular flexibility index (Phi) is 3.96. The highest BCUT2D eigenvalue weighted by atomic mass is 16.2. The maximum Gasteiger partial charge on any atom is 0.270 e. The molecule has 5 heteroatoms. The van der Waals surface area contributed by atoms with E-state index in [9.17, 15) is 9.59 Å². The second kappa shape index (κ2) is 5.85. The second-order valence-electron chi connectivity index (χ2n) is 4.40. The first-order valence-electron chi connectivity index (χ1n) is 6.04. The number of benzene rings is 1. The number of hydrogen-bond acceptors (Lipinski definition) is 3. The molecule has 5 nitrogen and oxygen atoms in total. The Morgan fingerprint density at radius 1 is 1.30 bits per heavy atom. The predicted octanol–water partition coefficient (Wildman–Crippen LogP) is 1.52. The van der Waals surface area contributed by atoms with E-state index < -0.39 is 0 Å². The summed E-state index contributed by atoms with van der Waals surface area (Å²) in [5, 5.41) is 8.84. The van der Waals surface area contributed by atoms with Crippen LogP contribution in [0.15, 0.2) is 47.3 Å². The van der Waals surface area contributed by atoms with E-state index in [0.717, 1.165) is 5.56 Å². The molecule has 0 aliphatic heterocycles. The van der Waals surface area contributed by atoms with Crippen LogP contribution in [-0.2, 0) is 6.54 Å². The van der Waals surface area contributed by atoms with Gasteiger partial charge in [-0.15, -0.1) is 0 Å². The van der Waals surface area contributed by atoms with Gasteiger partial charge in [-0.05, 0) is 23.8 Å². The molecule has 1 aromatic carbocycles. The minimum Gasteiger partial charge on any atom is -0.336 e. The molecular weight excluding hydrogens is 254 g/mol. The third-order valence-electron chi connectivity index (χ3n) is 2.82. The Morgan fingerprint density at radius 3 is 2.75 bits per heavy atom. The highest BCUT2D eigenvalue weighted by Crippen LogP contribution is 2.08. The average molecular weight is 267 g/mol. The highest BCUT2D eigenvalue weighted by Gasteiger charge is 2.12. The molecule has 0 unspecified atom stereocenters. The van der Waals surface area contributed by atoms with E-state index in [4.69, 9.17) is 5.26 Å². The zero-order valence-corrected chi connectivity index (χ0v) is 11.0. The van der Waals surface area contributed by atoms with Gasteiger partial charge in [0.05, 0.1) is 11.6 Å². The molecule has 0 saturated carbocycles. The lowest BCUT2D eigenvalue weighted by Gasteiger charge is -2.17. The van der Waals surface area contributed by atoms with Crippen LogP contribution >= 0.6 is 0 Å². The summed E-state index contributed by atoms with van der Waals surface area (Å²) >= 11 is 0. The molecule has 0 fully saturated rings. The molecule has 1 aromatic heterocycles. The summed E-state index contributed by atoms with van der Waals surface area (Å²) in [5.74, 6) is -0.273. The van der Waals surface area contributed by atoms with Gasteiger partial charge in [-0.1, -0.05) is 18.2 Å². The van der Waals surface area contributed by atoms with Crippen LogP contribution in [0.3, 0.4) is 0 Å². The summed E-state index contributed by atoms with van der Waals surface area (Å²) in [6.45, 7) is 0.366. The molecule has 0 saturated heterocycles. The molecule has 0 aliphatic rings. The smallest absolute Gasteiger partial charge is 0.270 e.